The molecule has 0 aromatic rings. The van der Waals surface area contributed by atoms with Crippen LogP contribution in [0.1, 0.15) is 40.5 Å². The summed E-state index contributed by atoms with van der Waals surface area (Å²) in [6, 6.07) is 0. The van der Waals surface area contributed by atoms with E-state index in [1.807, 2.05) is 13.8 Å². The summed E-state index contributed by atoms with van der Waals surface area (Å²) < 4.78 is 5.41. The fourth-order valence-corrected chi connectivity index (χ4v) is 1.13. The minimum Gasteiger partial charge on any atom is -0.379 e. The van der Waals surface area contributed by atoms with Crippen LogP contribution >= 0.6 is 0 Å². The van der Waals surface area contributed by atoms with Crippen LogP contribution in [0.25, 0.3) is 0 Å². The molecule has 0 aromatic heterocycles. The van der Waals surface area contributed by atoms with E-state index in [1.165, 1.54) is 0 Å². The average molecular weight is 229 g/mol. The quantitative estimate of drug-likeness (QED) is 0.379. The monoisotopic (exact) mass is 229 g/mol. The van der Waals surface area contributed by atoms with Crippen LogP contribution in [0.5, 0.6) is 0 Å². The fourth-order valence-electron chi connectivity index (χ4n) is 1.13. The maximum atomic E-state index is 5.70. The number of ether oxygens (including phenoxy) is 1. The molecule has 0 aliphatic rings. The summed E-state index contributed by atoms with van der Waals surface area (Å²) in [5.41, 5.74) is 5.70. The number of nitrogens with zero attached hydrogens (tertiary/aromatic N) is 1. The highest BCUT2D eigenvalue weighted by molar-refractivity contribution is 5.77. The highest BCUT2D eigenvalue weighted by Gasteiger charge is 1.95. The molecule has 0 spiro atoms. The van der Waals surface area contributed by atoms with Crippen LogP contribution in [-0.4, -0.2) is 31.8 Å². The maximum absolute atomic E-state index is 5.70. The van der Waals surface area contributed by atoms with Crippen molar-refractivity contribution in [1.82, 2.24) is 5.32 Å². The fraction of sp³-hybridized carbons (Fsp3) is 0.917. The van der Waals surface area contributed by atoms with Crippen molar-refractivity contribution in [1.29, 1.82) is 0 Å². The van der Waals surface area contributed by atoms with Gasteiger partial charge < -0.3 is 15.8 Å². The Morgan fingerprint density at radius 3 is 2.56 bits per heavy atom. The molecule has 4 heteroatoms. The number of nitrogens with one attached hydrogen (secondary N) is 1. The maximum Gasteiger partial charge on any atom is 0.188 e. The first-order valence-corrected chi connectivity index (χ1v) is 6.17. The van der Waals surface area contributed by atoms with Gasteiger partial charge in [0, 0.05) is 19.7 Å². The van der Waals surface area contributed by atoms with Crippen LogP contribution in [0.15, 0.2) is 4.99 Å². The molecule has 0 rings (SSSR count). The molecule has 16 heavy (non-hydrogen) atoms. The summed E-state index contributed by atoms with van der Waals surface area (Å²) in [6.45, 7) is 10.8. The summed E-state index contributed by atoms with van der Waals surface area (Å²) in [5.74, 6) is 1.24. The highest BCUT2D eigenvalue weighted by atomic mass is 16.5. The molecule has 0 saturated carbocycles. The van der Waals surface area contributed by atoms with Gasteiger partial charge in [-0.25, -0.2) is 0 Å². The molecular weight excluding hydrogens is 202 g/mol. The second-order valence-corrected chi connectivity index (χ2v) is 4.65. The SMILES string of the molecule is CC(C)CCNC(N)=NCCCOC(C)C. The molecular formula is C12H27N3O. The predicted molar refractivity (Wildman–Crippen MR) is 69.7 cm³/mol. The largest absolute Gasteiger partial charge is 0.379 e. The highest BCUT2D eigenvalue weighted by Crippen LogP contribution is 1.96. The Morgan fingerprint density at radius 2 is 2.00 bits per heavy atom. The average Bonchev–Trinajstić information content (AvgIpc) is 2.16. The Hall–Kier alpha value is -0.770. The molecule has 0 radical (unpaired) electrons. The molecule has 0 heterocycles. The van der Waals surface area contributed by atoms with Crippen molar-refractivity contribution in [2.24, 2.45) is 16.6 Å². The number of hydrogen-bond acceptors (Lipinski definition) is 2. The van der Waals surface area contributed by atoms with E-state index in [-0.39, 0.29) is 0 Å². The first-order chi connectivity index (χ1) is 7.52. The van der Waals surface area contributed by atoms with Gasteiger partial charge in [-0.15, -0.1) is 0 Å². The normalized spacial score (nSPS) is 12.5. The minimum absolute atomic E-state index is 0.297. The van der Waals surface area contributed by atoms with Crippen molar-refractivity contribution < 1.29 is 4.74 Å². The van der Waals surface area contributed by atoms with Gasteiger partial charge in [-0.3, -0.25) is 4.99 Å². The van der Waals surface area contributed by atoms with Crippen molar-refractivity contribution in [2.45, 2.75) is 46.6 Å². The zero-order valence-electron chi connectivity index (χ0n) is 11.1. The lowest BCUT2D eigenvalue weighted by molar-refractivity contribution is 0.0783. The van der Waals surface area contributed by atoms with Crippen LogP contribution in [0.2, 0.25) is 0 Å². The van der Waals surface area contributed by atoms with E-state index in [9.17, 15) is 0 Å². The van der Waals surface area contributed by atoms with Crippen molar-refractivity contribution in [3.8, 4) is 0 Å². The second kappa shape index (κ2) is 9.46. The molecule has 0 aromatic carbocycles. The van der Waals surface area contributed by atoms with Gasteiger partial charge in [0.25, 0.3) is 0 Å². The van der Waals surface area contributed by atoms with Crippen LogP contribution in [-0.2, 0) is 4.74 Å². The third-order valence-corrected chi connectivity index (χ3v) is 2.06. The Bertz CT molecular complexity index is 191. The van der Waals surface area contributed by atoms with Gasteiger partial charge in [0.1, 0.15) is 0 Å². The Kier molecular flexibility index (Phi) is 9.00. The number of aliphatic imine (C=N–C) groups is 1. The van der Waals surface area contributed by atoms with Crippen LogP contribution < -0.4 is 11.1 Å². The Balaban J connectivity index is 3.40. The van der Waals surface area contributed by atoms with E-state index in [1.54, 1.807) is 0 Å². The van der Waals surface area contributed by atoms with Gasteiger partial charge >= 0.3 is 0 Å². The molecule has 96 valence electrons. The van der Waals surface area contributed by atoms with Crippen molar-refractivity contribution >= 4 is 5.96 Å². The van der Waals surface area contributed by atoms with Crippen LogP contribution in [0, 0.1) is 5.92 Å². The number of nitrogens with two attached hydrogens (primary N) is 1. The first-order valence-electron chi connectivity index (χ1n) is 6.17. The van der Waals surface area contributed by atoms with E-state index in [0.717, 1.165) is 32.5 Å². The van der Waals surface area contributed by atoms with E-state index < -0.39 is 0 Å². The third kappa shape index (κ3) is 11.3. The molecule has 0 aliphatic heterocycles. The van der Waals surface area contributed by atoms with Crippen molar-refractivity contribution in [2.75, 3.05) is 19.7 Å². The second-order valence-electron chi connectivity index (χ2n) is 4.65. The molecule has 3 N–H and O–H groups in total. The molecule has 4 nitrogen and oxygen atoms in total. The van der Waals surface area contributed by atoms with Gasteiger partial charge in [-0.05, 0) is 32.6 Å². The smallest absolute Gasteiger partial charge is 0.188 e. The van der Waals surface area contributed by atoms with E-state index >= 15 is 0 Å². The van der Waals surface area contributed by atoms with Gasteiger partial charge in [0.2, 0.25) is 0 Å². The summed E-state index contributed by atoms with van der Waals surface area (Å²) >= 11 is 0. The van der Waals surface area contributed by atoms with E-state index in [2.05, 4.69) is 24.2 Å². The topological polar surface area (TPSA) is 59.6 Å². The number of guanidine groups is 1. The minimum atomic E-state index is 0.297. The Morgan fingerprint density at radius 1 is 1.31 bits per heavy atom. The summed E-state index contributed by atoms with van der Waals surface area (Å²) in [4.78, 5) is 4.22. The lowest BCUT2D eigenvalue weighted by Gasteiger charge is -2.08. The lowest BCUT2D eigenvalue weighted by atomic mass is 10.1. The van der Waals surface area contributed by atoms with Crippen molar-refractivity contribution in [3.05, 3.63) is 0 Å². The molecule has 0 fully saturated rings. The summed E-state index contributed by atoms with van der Waals surface area (Å²) in [7, 11) is 0. The third-order valence-electron chi connectivity index (χ3n) is 2.06. The van der Waals surface area contributed by atoms with Gasteiger partial charge in [-0.2, -0.15) is 0 Å². The van der Waals surface area contributed by atoms with E-state index in [0.29, 0.717) is 18.0 Å². The molecule has 0 unspecified atom stereocenters. The number of hydrogen-bond donors (Lipinski definition) is 2. The standard InChI is InChI=1S/C12H27N3O/c1-10(2)6-8-15-12(13)14-7-5-9-16-11(3)4/h10-11H,5-9H2,1-4H3,(H3,13,14,15). The summed E-state index contributed by atoms with van der Waals surface area (Å²) in [5, 5.41) is 3.10. The molecule has 0 bridgehead atoms. The van der Waals surface area contributed by atoms with Crippen LogP contribution in [0.4, 0.5) is 0 Å². The Labute approximate surface area is 99.7 Å². The zero-order chi connectivity index (χ0) is 12.4. The van der Waals surface area contributed by atoms with Crippen molar-refractivity contribution in [3.63, 3.8) is 0 Å². The number of rotatable bonds is 8. The van der Waals surface area contributed by atoms with Gasteiger partial charge in [0.15, 0.2) is 5.96 Å². The summed E-state index contributed by atoms with van der Waals surface area (Å²) in [6.07, 6.45) is 2.34. The van der Waals surface area contributed by atoms with Crippen LogP contribution in [0.3, 0.4) is 0 Å². The van der Waals surface area contributed by atoms with Gasteiger partial charge in [0.05, 0.1) is 6.10 Å². The zero-order valence-corrected chi connectivity index (χ0v) is 11.1. The van der Waals surface area contributed by atoms with E-state index in [4.69, 9.17) is 10.5 Å². The predicted octanol–water partition coefficient (Wildman–Crippen LogP) is 1.75. The molecule has 0 aliphatic carbocycles. The van der Waals surface area contributed by atoms with Gasteiger partial charge in [-0.1, -0.05) is 13.8 Å². The molecule has 0 amide bonds. The molecule has 0 atom stereocenters. The lowest BCUT2D eigenvalue weighted by Crippen LogP contribution is -2.33. The first kappa shape index (κ1) is 15.2. The molecule has 0 saturated heterocycles.